The van der Waals surface area contributed by atoms with Gasteiger partial charge in [0.05, 0.1) is 0 Å². The molecule has 0 bridgehead atoms. The Kier molecular flexibility index (Phi) is 6.32. The Morgan fingerprint density at radius 3 is 2.32 bits per heavy atom. The number of hydrogen-bond donors (Lipinski definition) is 1. The number of para-hydroxylation sites is 1. The van der Waals surface area contributed by atoms with Crippen molar-refractivity contribution in [1.29, 1.82) is 0 Å². The van der Waals surface area contributed by atoms with E-state index in [1.54, 1.807) is 24.1 Å². The molecule has 1 fully saturated rings. The van der Waals surface area contributed by atoms with Gasteiger partial charge in [0, 0.05) is 30.8 Å². The molecule has 1 saturated carbocycles. The zero-order valence-corrected chi connectivity index (χ0v) is 17.6. The van der Waals surface area contributed by atoms with E-state index in [0.29, 0.717) is 23.9 Å². The topological polar surface area (TPSA) is 58.6 Å². The van der Waals surface area contributed by atoms with Crippen LogP contribution in [0.5, 0.6) is 5.75 Å². The van der Waals surface area contributed by atoms with Crippen molar-refractivity contribution >= 4 is 11.8 Å². The first-order valence-corrected chi connectivity index (χ1v) is 10.5. The van der Waals surface area contributed by atoms with Gasteiger partial charge in [-0.3, -0.25) is 9.59 Å². The van der Waals surface area contributed by atoms with E-state index in [9.17, 15) is 9.59 Å². The fourth-order valence-corrected chi connectivity index (χ4v) is 3.32. The van der Waals surface area contributed by atoms with Gasteiger partial charge in [-0.1, -0.05) is 60.7 Å². The molecule has 0 saturated heterocycles. The SMILES string of the molecule is CN(Cc1ccc(C(=O)NC2CC2)cc1)C(=O)COc1ccccc1-c1ccccc1. The van der Waals surface area contributed by atoms with Crippen molar-refractivity contribution < 1.29 is 14.3 Å². The van der Waals surface area contributed by atoms with E-state index < -0.39 is 0 Å². The molecule has 5 nitrogen and oxygen atoms in total. The number of ether oxygens (including phenoxy) is 1. The quantitative estimate of drug-likeness (QED) is 0.598. The summed E-state index contributed by atoms with van der Waals surface area (Å²) in [6, 6.07) is 25.4. The van der Waals surface area contributed by atoms with Crippen LogP contribution >= 0.6 is 0 Å². The van der Waals surface area contributed by atoms with Crippen LogP contribution in [0.3, 0.4) is 0 Å². The number of carbonyl (C=O) groups excluding carboxylic acids is 2. The minimum atomic E-state index is -0.113. The molecule has 0 radical (unpaired) electrons. The second-order valence-electron chi connectivity index (χ2n) is 7.85. The standard InChI is InChI=1S/C26H26N2O3/c1-28(17-19-11-13-21(14-12-19)26(30)27-22-15-16-22)25(29)18-31-24-10-6-5-9-23(24)20-7-3-2-4-8-20/h2-14,22H,15-18H2,1H3,(H,27,30). The van der Waals surface area contributed by atoms with E-state index in [1.807, 2.05) is 66.7 Å². The Morgan fingerprint density at radius 1 is 0.935 bits per heavy atom. The smallest absolute Gasteiger partial charge is 0.260 e. The Balaban J connectivity index is 1.33. The normalized spacial score (nSPS) is 12.8. The van der Waals surface area contributed by atoms with Crippen molar-refractivity contribution in [2.45, 2.75) is 25.4 Å². The first kappa shape index (κ1) is 20.7. The molecule has 0 spiro atoms. The van der Waals surface area contributed by atoms with E-state index in [0.717, 1.165) is 29.5 Å². The van der Waals surface area contributed by atoms with E-state index in [2.05, 4.69) is 5.32 Å². The molecule has 31 heavy (non-hydrogen) atoms. The average molecular weight is 415 g/mol. The molecular formula is C26H26N2O3. The molecule has 0 unspecified atom stereocenters. The van der Waals surface area contributed by atoms with Gasteiger partial charge in [-0.15, -0.1) is 0 Å². The summed E-state index contributed by atoms with van der Waals surface area (Å²) in [5.41, 5.74) is 3.61. The summed E-state index contributed by atoms with van der Waals surface area (Å²) in [6.07, 6.45) is 2.13. The third-order valence-corrected chi connectivity index (χ3v) is 5.30. The molecule has 0 aliphatic heterocycles. The molecule has 3 aromatic rings. The number of likely N-dealkylation sites (N-methyl/N-ethyl adjacent to an activating group) is 1. The summed E-state index contributed by atoms with van der Waals surface area (Å²) < 4.78 is 5.86. The molecule has 0 heterocycles. The van der Waals surface area contributed by atoms with Crippen molar-refractivity contribution in [3.63, 3.8) is 0 Å². The van der Waals surface area contributed by atoms with Crippen LogP contribution in [-0.4, -0.2) is 36.4 Å². The predicted octanol–water partition coefficient (Wildman–Crippen LogP) is 4.28. The van der Waals surface area contributed by atoms with Gasteiger partial charge >= 0.3 is 0 Å². The first-order valence-electron chi connectivity index (χ1n) is 10.5. The molecule has 2 amide bonds. The molecular weight excluding hydrogens is 388 g/mol. The van der Waals surface area contributed by atoms with Gasteiger partial charge in [-0.25, -0.2) is 0 Å². The van der Waals surface area contributed by atoms with Crippen LogP contribution in [0.2, 0.25) is 0 Å². The summed E-state index contributed by atoms with van der Waals surface area (Å²) in [5.74, 6) is 0.531. The van der Waals surface area contributed by atoms with Crippen LogP contribution < -0.4 is 10.1 Å². The molecule has 0 aromatic heterocycles. The number of nitrogens with zero attached hydrogens (tertiary/aromatic N) is 1. The zero-order valence-electron chi connectivity index (χ0n) is 17.6. The van der Waals surface area contributed by atoms with Crippen LogP contribution in [-0.2, 0) is 11.3 Å². The molecule has 3 aromatic carbocycles. The van der Waals surface area contributed by atoms with E-state index in [-0.39, 0.29) is 18.4 Å². The maximum absolute atomic E-state index is 12.6. The lowest BCUT2D eigenvalue weighted by Gasteiger charge is -2.18. The van der Waals surface area contributed by atoms with Gasteiger partial charge in [-0.05, 0) is 42.2 Å². The van der Waals surface area contributed by atoms with E-state index in [4.69, 9.17) is 4.74 Å². The van der Waals surface area contributed by atoms with E-state index in [1.165, 1.54) is 0 Å². The maximum Gasteiger partial charge on any atom is 0.260 e. The minimum Gasteiger partial charge on any atom is -0.483 e. The summed E-state index contributed by atoms with van der Waals surface area (Å²) >= 11 is 0. The van der Waals surface area contributed by atoms with Gasteiger partial charge in [-0.2, -0.15) is 0 Å². The van der Waals surface area contributed by atoms with Crippen LogP contribution in [0.1, 0.15) is 28.8 Å². The summed E-state index contributed by atoms with van der Waals surface area (Å²) in [5, 5.41) is 2.98. The lowest BCUT2D eigenvalue weighted by atomic mass is 10.1. The predicted molar refractivity (Wildman–Crippen MR) is 121 cm³/mol. The molecule has 1 aliphatic rings. The molecule has 158 valence electrons. The van der Waals surface area contributed by atoms with Crippen molar-refractivity contribution in [2.75, 3.05) is 13.7 Å². The number of amides is 2. The fourth-order valence-electron chi connectivity index (χ4n) is 3.32. The van der Waals surface area contributed by atoms with Gasteiger partial charge in [0.1, 0.15) is 5.75 Å². The van der Waals surface area contributed by atoms with Gasteiger partial charge in [0.15, 0.2) is 6.61 Å². The summed E-state index contributed by atoms with van der Waals surface area (Å²) in [7, 11) is 1.75. The molecule has 0 atom stereocenters. The number of rotatable bonds is 8. The summed E-state index contributed by atoms with van der Waals surface area (Å²) in [4.78, 5) is 26.3. The number of benzene rings is 3. The van der Waals surface area contributed by atoms with Crippen LogP contribution in [0, 0.1) is 0 Å². The van der Waals surface area contributed by atoms with Gasteiger partial charge < -0.3 is 15.0 Å². The Morgan fingerprint density at radius 2 is 1.61 bits per heavy atom. The van der Waals surface area contributed by atoms with Crippen LogP contribution in [0.15, 0.2) is 78.9 Å². The molecule has 1 N–H and O–H groups in total. The molecule has 1 aliphatic carbocycles. The Hall–Kier alpha value is -3.60. The van der Waals surface area contributed by atoms with Gasteiger partial charge in [0.25, 0.3) is 11.8 Å². The highest BCUT2D eigenvalue weighted by molar-refractivity contribution is 5.94. The first-order chi connectivity index (χ1) is 15.1. The Bertz CT molecular complexity index is 1040. The second kappa shape index (κ2) is 9.47. The second-order valence-corrected chi connectivity index (χ2v) is 7.85. The Labute approximate surface area is 182 Å². The lowest BCUT2D eigenvalue weighted by Crippen LogP contribution is -2.31. The highest BCUT2D eigenvalue weighted by Gasteiger charge is 2.23. The maximum atomic E-state index is 12.6. The highest BCUT2D eigenvalue weighted by Crippen LogP contribution is 2.29. The number of carbonyl (C=O) groups is 2. The van der Waals surface area contributed by atoms with E-state index >= 15 is 0 Å². The largest absolute Gasteiger partial charge is 0.483 e. The minimum absolute atomic E-state index is 0.0380. The average Bonchev–Trinajstić information content (AvgIpc) is 3.62. The van der Waals surface area contributed by atoms with Crippen molar-refractivity contribution in [3.8, 4) is 16.9 Å². The van der Waals surface area contributed by atoms with Crippen LogP contribution in [0.25, 0.3) is 11.1 Å². The fraction of sp³-hybridized carbons (Fsp3) is 0.231. The molecule has 5 heteroatoms. The lowest BCUT2D eigenvalue weighted by molar-refractivity contribution is -0.132. The molecule has 4 rings (SSSR count). The van der Waals surface area contributed by atoms with Gasteiger partial charge in [0.2, 0.25) is 0 Å². The number of hydrogen-bond acceptors (Lipinski definition) is 3. The van der Waals surface area contributed by atoms with Crippen LogP contribution in [0.4, 0.5) is 0 Å². The highest BCUT2D eigenvalue weighted by atomic mass is 16.5. The third-order valence-electron chi connectivity index (χ3n) is 5.30. The summed E-state index contributed by atoms with van der Waals surface area (Å²) in [6.45, 7) is 0.412. The van der Waals surface area contributed by atoms with Crippen molar-refractivity contribution in [2.24, 2.45) is 0 Å². The third kappa shape index (κ3) is 5.51. The van der Waals surface area contributed by atoms with Crippen molar-refractivity contribution in [3.05, 3.63) is 90.0 Å². The monoisotopic (exact) mass is 414 g/mol. The zero-order chi connectivity index (χ0) is 21.6. The number of nitrogens with one attached hydrogen (secondary N) is 1. The van der Waals surface area contributed by atoms with Crippen molar-refractivity contribution in [1.82, 2.24) is 10.2 Å².